The standard InChI is InChI=1S/C10H19NO/c1-5-7-8-11(4)10(12)9(3)6-2/h6H,5,7-8H2,1-4H3/b9-6+. The summed E-state index contributed by atoms with van der Waals surface area (Å²) in [6.07, 6.45) is 4.07. The van der Waals surface area contributed by atoms with Crippen LogP contribution in [0.15, 0.2) is 11.6 Å². The highest BCUT2D eigenvalue weighted by molar-refractivity contribution is 5.92. The molecule has 0 aliphatic rings. The first kappa shape index (κ1) is 11.2. The molecule has 2 heteroatoms. The molecule has 0 radical (unpaired) electrons. The Hall–Kier alpha value is -0.790. The molecule has 0 bridgehead atoms. The van der Waals surface area contributed by atoms with Gasteiger partial charge in [-0.1, -0.05) is 19.4 Å². The topological polar surface area (TPSA) is 20.3 Å². The molecule has 0 saturated heterocycles. The van der Waals surface area contributed by atoms with Crippen molar-refractivity contribution in [1.82, 2.24) is 4.90 Å². The number of carbonyl (C=O) groups excluding carboxylic acids is 1. The Morgan fingerprint density at radius 2 is 2.08 bits per heavy atom. The van der Waals surface area contributed by atoms with E-state index >= 15 is 0 Å². The van der Waals surface area contributed by atoms with Crippen LogP contribution in [0.2, 0.25) is 0 Å². The van der Waals surface area contributed by atoms with Crippen LogP contribution in [0.3, 0.4) is 0 Å². The van der Waals surface area contributed by atoms with Crippen molar-refractivity contribution in [3.8, 4) is 0 Å². The van der Waals surface area contributed by atoms with Gasteiger partial charge in [-0.25, -0.2) is 0 Å². The lowest BCUT2D eigenvalue weighted by atomic mass is 10.2. The third kappa shape index (κ3) is 3.56. The molecule has 0 spiro atoms. The molecule has 0 atom stereocenters. The third-order valence-electron chi connectivity index (χ3n) is 1.96. The molecule has 0 saturated carbocycles. The molecule has 70 valence electrons. The quantitative estimate of drug-likeness (QED) is 0.591. The van der Waals surface area contributed by atoms with Gasteiger partial charge in [-0.05, 0) is 20.3 Å². The van der Waals surface area contributed by atoms with Crippen molar-refractivity contribution in [2.24, 2.45) is 0 Å². The van der Waals surface area contributed by atoms with Crippen molar-refractivity contribution in [3.05, 3.63) is 11.6 Å². The van der Waals surface area contributed by atoms with Crippen LogP contribution in [-0.2, 0) is 4.79 Å². The van der Waals surface area contributed by atoms with Crippen molar-refractivity contribution in [3.63, 3.8) is 0 Å². The van der Waals surface area contributed by atoms with Gasteiger partial charge in [0.25, 0.3) is 0 Å². The molecule has 0 heterocycles. The fourth-order valence-corrected chi connectivity index (χ4v) is 0.921. The van der Waals surface area contributed by atoms with E-state index in [1.54, 1.807) is 4.90 Å². The van der Waals surface area contributed by atoms with E-state index in [2.05, 4.69) is 6.92 Å². The van der Waals surface area contributed by atoms with Gasteiger partial charge >= 0.3 is 0 Å². The number of allylic oxidation sites excluding steroid dienone is 1. The lowest BCUT2D eigenvalue weighted by molar-refractivity contribution is -0.125. The summed E-state index contributed by atoms with van der Waals surface area (Å²) in [6.45, 7) is 6.73. The second-order valence-electron chi connectivity index (χ2n) is 3.05. The fourth-order valence-electron chi connectivity index (χ4n) is 0.921. The van der Waals surface area contributed by atoms with Crippen LogP contribution in [0.4, 0.5) is 0 Å². The summed E-state index contributed by atoms with van der Waals surface area (Å²) in [7, 11) is 1.85. The lowest BCUT2D eigenvalue weighted by Gasteiger charge is -2.16. The zero-order chi connectivity index (χ0) is 9.56. The van der Waals surface area contributed by atoms with E-state index in [4.69, 9.17) is 0 Å². The fraction of sp³-hybridized carbons (Fsp3) is 0.700. The van der Waals surface area contributed by atoms with Gasteiger partial charge in [0, 0.05) is 19.2 Å². The van der Waals surface area contributed by atoms with E-state index in [-0.39, 0.29) is 5.91 Å². The highest BCUT2D eigenvalue weighted by Gasteiger charge is 2.08. The molecule has 0 rings (SSSR count). The summed E-state index contributed by atoms with van der Waals surface area (Å²) in [5.41, 5.74) is 0.827. The number of unbranched alkanes of at least 4 members (excludes halogenated alkanes) is 1. The van der Waals surface area contributed by atoms with E-state index < -0.39 is 0 Å². The maximum absolute atomic E-state index is 11.4. The zero-order valence-corrected chi connectivity index (χ0v) is 8.55. The largest absolute Gasteiger partial charge is 0.342 e. The maximum atomic E-state index is 11.4. The van der Waals surface area contributed by atoms with Gasteiger partial charge in [-0.2, -0.15) is 0 Å². The SMILES string of the molecule is C/C=C(\C)C(=O)N(C)CCCC. The summed E-state index contributed by atoms with van der Waals surface area (Å²) in [6, 6.07) is 0. The van der Waals surface area contributed by atoms with Crippen LogP contribution in [-0.4, -0.2) is 24.4 Å². The molecule has 12 heavy (non-hydrogen) atoms. The summed E-state index contributed by atoms with van der Waals surface area (Å²) in [5.74, 6) is 0.144. The number of hydrogen-bond donors (Lipinski definition) is 0. The Balaban J connectivity index is 3.93. The van der Waals surface area contributed by atoms with Gasteiger partial charge in [0.05, 0.1) is 0 Å². The molecule has 0 aromatic rings. The van der Waals surface area contributed by atoms with Crippen molar-refractivity contribution >= 4 is 5.91 Å². The minimum Gasteiger partial charge on any atom is -0.342 e. The smallest absolute Gasteiger partial charge is 0.248 e. The van der Waals surface area contributed by atoms with E-state index in [0.717, 1.165) is 25.0 Å². The van der Waals surface area contributed by atoms with Gasteiger partial charge in [-0.15, -0.1) is 0 Å². The van der Waals surface area contributed by atoms with Crippen molar-refractivity contribution in [1.29, 1.82) is 0 Å². The normalized spacial score (nSPS) is 11.5. The molecule has 2 nitrogen and oxygen atoms in total. The van der Waals surface area contributed by atoms with Crippen LogP contribution in [0, 0.1) is 0 Å². The molecule has 0 fully saturated rings. The van der Waals surface area contributed by atoms with Crippen LogP contribution >= 0.6 is 0 Å². The number of likely N-dealkylation sites (N-methyl/N-ethyl adjacent to an activating group) is 1. The van der Waals surface area contributed by atoms with Crippen molar-refractivity contribution < 1.29 is 4.79 Å². The monoisotopic (exact) mass is 169 g/mol. The Kier molecular flexibility index (Phi) is 5.43. The molecule has 0 aliphatic heterocycles. The van der Waals surface area contributed by atoms with Crippen molar-refractivity contribution in [2.45, 2.75) is 33.6 Å². The molecule has 0 aromatic heterocycles. The van der Waals surface area contributed by atoms with Gasteiger partial charge in [0.1, 0.15) is 0 Å². The predicted octanol–water partition coefficient (Wildman–Crippen LogP) is 2.21. The molecule has 0 aliphatic carbocycles. The highest BCUT2D eigenvalue weighted by atomic mass is 16.2. The van der Waals surface area contributed by atoms with E-state index in [0.29, 0.717) is 0 Å². The van der Waals surface area contributed by atoms with Gasteiger partial charge < -0.3 is 4.90 Å². The Morgan fingerprint density at radius 1 is 1.50 bits per heavy atom. The summed E-state index contributed by atoms with van der Waals surface area (Å²) in [5, 5.41) is 0. The predicted molar refractivity (Wildman–Crippen MR) is 52.0 cm³/mol. The minimum absolute atomic E-state index is 0.144. The molecule has 0 N–H and O–H groups in total. The molecular formula is C10H19NO. The van der Waals surface area contributed by atoms with E-state index in [1.165, 1.54) is 0 Å². The Bertz CT molecular complexity index is 173. The first-order chi connectivity index (χ1) is 5.63. The summed E-state index contributed by atoms with van der Waals surface area (Å²) < 4.78 is 0. The minimum atomic E-state index is 0.144. The number of hydrogen-bond acceptors (Lipinski definition) is 1. The zero-order valence-electron chi connectivity index (χ0n) is 8.55. The van der Waals surface area contributed by atoms with E-state index in [1.807, 2.05) is 27.0 Å². The van der Waals surface area contributed by atoms with Gasteiger partial charge in [0.15, 0.2) is 0 Å². The van der Waals surface area contributed by atoms with Crippen LogP contribution in [0.1, 0.15) is 33.6 Å². The van der Waals surface area contributed by atoms with Crippen molar-refractivity contribution in [2.75, 3.05) is 13.6 Å². The molecule has 0 unspecified atom stereocenters. The van der Waals surface area contributed by atoms with E-state index in [9.17, 15) is 4.79 Å². The number of amides is 1. The number of carbonyl (C=O) groups is 1. The van der Waals surface area contributed by atoms with Gasteiger partial charge in [-0.3, -0.25) is 4.79 Å². The highest BCUT2D eigenvalue weighted by Crippen LogP contribution is 2.00. The second kappa shape index (κ2) is 5.81. The summed E-state index contributed by atoms with van der Waals surface area (Å²) in [4.78, 5) is 13.2. The van der Waals surface area contributed by atoms with Crippen LogP contribution < -0.4 is 0 Å². The molecule has 1 amide bonds. The second-order valence-corrected chi connectivity index (χ2v) is 3.05. The first-order valence-corrected chi connectivity index (χ1v) is 4.51. The van der Waals surface area contributed by atoms with Crippen LogP contribution in [0.5, 0.6) is 0 Å². The average Bonchev–Trinajstić information content (AvgIpc) is 2.11. The number of nitrogens with zero attached hydrogens (tertiary/aromatic N) is 1. The average molecular weight is 169 g/mol. The van der Waals surface area contributed by atoms with Crippen LogP contribution in [0.25, 0.3) is 0 Å². The number of rotatable bonds is 4. The molecule has 0 aromatic carbocycles. The molecular weight excluding hydrogens is 150 g/mol. The Labute approximate surface area is 75.3 Å². The lowest BCUT2D eigenvalue weighted by Crippen LogP contribution is -2.28. The third-order valence-corrected chi connectivity index (χ3v) is 1.96. The first-order valence-electron chi connectivity index (χ1n) is 4.51. The maximum Gasteiger partial charge on any atom is 0.248 e. The Morgan fingerprint density at radius 3 is 2.50 bits per heavy atom. The van der Waals surface area contributed by atoms with Gasteiger partial charge in [0.2, 0.25) is 5.91 Å². The summed E-state index contributed by atoms with van der Waals surface area (Å²) >= 11 is 0.